The predicted octanol–water partition coefficient (Wildman–Crippen LogP) is 8.46. The molecule has 1 spiro atoms. The van der Waals surface area contributed by atoms with Crippen LogP contribution >= 0.6 is 27.5 Å². The summed E-state index contributed by atoms with van der Waals surface area (Å²) in [6, 6.07) is 23.6. The molecule has 0 amide bonds. The van der Waals surface area contributed by atoms with Crippen LogP contribution in [0.25, 0.3) is 22.3 Å². The van der Waals surface area contributed by atoms with E-state index in [1.54, 1.807) is 6.07 Å². The number of rotatable bonds is 0. The van der Waals surface area contributed by atoms with Gasteiger partial charge in [0.05, 0.1) is 11.0 Å². The second kappa shape index (κ2) is 6.24. The molecule has 0 N–H and O–H groups in total. The Labute approximate surface area is 190 Å². The van der Waals surface area contributed by atoms with Crippen molar-refractivity contribution in [2.24, 2.45) is 0 Å². The van der Waals surface area contributed by atoms with Crippen LogP contribution in [0.5, 0.6) is 0 Å². The standard InChI is InChI=1S/C26H13BrClF3/c27-23-7-3-6-20-24(23)18-11-9-15(28)13-22(18)25(20)19-5-2-1-4-16(19)17-10-8-14(12-21(17)25)26(29,30)31/h1-13H. The Kier molecular flexibility index (Phi) is 3.86. The van der Waals surface area contributed by atoms with Crippen LogP contribution in [0.4, 0.5) is 13.2 Å². The van der Waals surface area contributed by atoms with E-state index in [9.17, 15) is 13.2 Å². The van der Waals surface area contributed by atoms with Gasteiger partial charge in [-0.15, -0.1) is 0 Å². The van der Waals surface area contributed by atoms with Gasteiger partial charge in [0.25, 0.3) is 0 Å². The Hall–Kier alpha value is -2.56. The molecule has 4 aromatic carbocycles. The van der Waals surface area contributed by atoms with Crippen molar-refractivity contribution in [2.45, 2.75) is 11.6 Å². The Morgan fingerprint density at radius 1 is 0.677 bits per heavy atom. The summed E-state index contributed by atoms with van der Waals surface area (Å²) in [6.45, 7) is 0. The monoisotopic (exact) mass is 496 g/mol. The minimum Gasteiger partial charge on any atom is -0.166 e. The van der Waals surface area contributed by atoms with E-state index in [1.807, 2.05) is 60.7 Å². The van der Waals surface area contributed by atoms with E-state index in [2.05, 4.69) is 15.9 Å². The molecule has 1 atom stereocenters. The maximum atomic E-state index is 13.8. The van der Waals surface area contributed by atoms with E-state index in [-0.39, 0.29) is 0 Å². The van der Waals surface area contributed by atoms with Crippen LogP contribution in [0.1, 0.15) is 27.8 Å². The zero-order valence-corrected chi connectivity index (χ0v) is 18.2. The Morgan fingerprint density at radius 2 is 1.35 bits per heavy atom. The van der Waals surface area contributed by atoms with Crippen molar-refractivity contribution in [1.29, 1.82) is 0 Å². The fourth-order valence-corrected chi connectivity index (χ4v) is 6.09. The van der Waals surface area contributed by atoms with Gasteiger partial charge in [0.2, 0.25) is 0 Å². The molecule has 1 unspecified atom stereocenters. The third-order valence-corrected chi connectivity index (χ3v) is 7.34. The molecule has 5 heteroatoms. The molecule has 0 radical (unpaired) electrons. The topological polar surface area (TPSA) is 0 Å². The van der Waals surface area contributed by atoms with Gasteiger partial charge in [-0.25, -0.2) is 0 Å². The Bertz CT molecular complexity index is 1410. The van der Waals surface area contributed by atoms with E-state index in [0.29, 0.717) is 10.6 Å². The van der Waals surface area contributed by atoms with Crippen molar-refractivity contribution >= 4 is 27.5 Å². The lowest BCUT2D eigenvalue weighted by atomic mass is 9.70. The number of hydrogen-bond donors (Lipinski definition) is 0. The van der Waals surface area contributed by atoms with Crippen molar-refractivity contribution in [3.63, 3.8) is 0 Å². The van der Waals surface area contributed by atoms with E-state index < -0.39 is 17.2 Å². The zero-order chi connectivity index (χ0) is 21.5. The van der Waals surface area contributed by atoms with Gasteiger partial charge in [-0.2, -0.15) is 13.2 Å². The number of alkyl halides is 3. The van der Waals surface area contributed by atoms with Gasteiger partial charge in [0.15, 0.2) is 0 Å². The molecule has 0 fully saturated rings. The number of hydrogen-bond acceptors (Lipinski definition) is 0. The Morgan fingerprint density at radius 3 is 2.16 bits per heavy atom. The van der Waals surface area contributed by atoms with Crippen molar-refractivity contribution in [3.8, 4) is 22.3 Å². The molecule has 152 valence electrons. The summed E-state index contributed by atoms with van der Waals surface area (Å²) in [5.74, 6) is 0. The van der Waals surface area contributed by atoms with Crippen molar-refractivity contribution in [1.82, 2.24) is 0 Å². The first-order chi connectivity index (χ1) is 14.8. The average Bonchev–Trinajstić information content (AvgIpc) is 3.20. The summed E-state index contributed by atoms with van der Waals surface area (Å²) in [5.41, 5.74) is 5.73. The first kappa shape index (κ1) is 19.1. The molecule has 2 aliphatic carbocycles. The molecule has 6 rings (SSSR count). The van der Waals surface area contributed by atoms with Gasteiger partial charge in [0.1, 0.15) is 0 Å². The summed E-state index contributed by atoms with van der Waals surface area (Å²) in [6.07, 6.45) is -4.43. The number of halogens is 5. The maximum absolute atomic E-state index is 13.8. The van der Waals surface area contributed by atoms with Gasteiger partial charge >= 0.3 is 6.18 Å². The van der Waals surface area contributed by atoms with Crippen LogP contribution in [0.3, 0.4) is 0 Å². The van der Waals surface area contributed by atoms with Crippen LogP contribution in [-0.2, 0) is 11.6 Å². The van der Waals surface area contributed by atoms with Gasteiger partial charge in [-0.1, -0.05) is 76.1 Å². The minimum absolute atomic E-state index is 0.556. The van der Waals surface area contributed by atoms with Crippen molar-refractivity contribution in [3.05, 3.63) is 116 Å². The third kappa shape index (κ3) is 2.38. The van der Waals surface area contributed by atoms with Crippen LogP contribution < -0.4 is 0 Å². The molecule has 2 aliphatic rings. The van der Waals surface area contributed by atoms with Crippen LogP contribution in [0, 0.1) is 0 Å². The molecule has 0 aliphatic heterocycles. The van der Waals surface area contributed by atoms with Crippen LogP contribution in [-0.4, -0.2) is 0 Å². The molecular weight excluding hydrogens is 485 g/mol. The molecule has 0 heterocycles. The van der Waals surface area contributed by atoms with E-state index in [1.165, 1.54) is 12.1 Å². The quantitative estimate of drug-likeness (QED) is 0.197. The highest BCUT2D eigenvalue weighted by atomic mass is 79.9. The van der Waals surface area contributed by atoms with E-state index >= 15 is 0 Å². The highest BCUT2D eigenvalue weighted by Gasteiger charge is 2.52. The normalized spacial score (nSPS) is 18.0. The first-order valence-corrected chi connectivity index (χ1v) is 10.9. The van der Waals surface area contributed by atoms with Crippen LogP contribution in [0.15, 0.2) is 83.3 Å². The van der Waals surface area contributed by atoms with Gasteiger partial charge < -0.3 is 0 Å². The third-order valence-electron chi connectivity index (χ3n) is 6.44. The van der Waals surface area contributed by atoms with E-state index in [4.69, 9.17) is 11.6 Å². The second-order valence-corrected chi connectivity index (χ2v) is 9.20. The summed E-state index contributed by atoms with van der Waals surface area (Å²) >= 11 is 10.1. The lowest BCUT2D eigenvalue weighted by molar-refractivity contribution is -0.137. The van der Waals surface area contributed by atoms with Gasteiger partial charge in [-0.3, -0.25) is 0 Å². The molecule has 4 aromatic rings. The molecule has 31 heavy (non-hydrogen) atoms. The van der Waals surface area contributed by atoms with Gasteiger partial charge in [-0.05, 0) is 69.3 Å². The highest BCUT2D eigenvalue weighted by molar-refractivity contribution is 9.10. The number of fused-ring (bicyclic) bond motifs is 10. The molecule has 0 aromatic heterocycles. The highest BCUT2D eigenvalue weighted by Crippen LogP contribution is 2.64. The molecule has 0 nitrogen and oxygen atoms in total. The van der Waals surface area contributed by atoms with Crippen molar-refractivity contribution < 1.29 is 13.2 Å². The lowest BCUT2D eigenvalue weighted by Gasteiger charge is -2.31. The summed E-state index contributed by atoms with van der Waals surface area (Å²) in [7, 11) is 0. The summed E-state index contributed by atoms with van der Waals surface area (Å²) in [4.78, 5) is 0. The minimum atomic E-state index is -4.43. The Balaban J connectivity index is 1.84. The molecule has 0 bridgehead atoms. The average molecular weight is 498 g/mol. The fourth-order valence-electron chi connectivity index (χ4n) is 5.34. The second-order valence-electron chi connectivity index (χ2n) is 7.91. The van der Waals surface area contributed by atoms with Crippen molar-refractivity contribution in [2.75, 3.05) is 0 Å². The lowest BCUT2D eigenvalue weighted by Crippen LogP contribution is -2.26. The predicted molar refractivity (Wildman–Crippen MR) is 120 cm³/mol. The van der Waals surface area contributed by atoms with Crippen LogP contribution in [0.2, 0.25) is 5.02 Å². The molecule has 0 saturated heterocycles. The summed E-state index contributed by atoms with van der Waals surface area (Å²) in [5, 5.41) is 0.556. The fraction of sp³-hybridized carbons (Fsp3) is 0.0769. The smallest absolute Gasteiger partial charge is 0.166 e. The molecule has 0 saturated carbocycles. The largest absolute Gasteiger partial charge is 0.416 e. The first-order valence-electron chi connectivity index (χ1n) is 9.74. The van der Waals surface area contributed by atoms with E-state index in [0.717, 1.165) is 43.4 Å². The van der Waals surface area contributed by atoms with Gasteiger partial charge in [0, 0.05) is 15.1 Å². The summed E-state index contributed by atoms with van der Waals surface area (Å²) < 4.78 is 42.2. The maximum Gasteiger partial charge on any atom is 0.416 e. The molecular formula is C26H13BrClF3. The SMILES string of the molecule is FC(F)(F)c1ccc2c(c1)C1(c3ccccc3-2)c2cc(Cl)ccc2-c2c(Br)cccc21. The number of benzene rings is 4. The zero-order valence-electron chi connectivity index (χ0n) is 15.9.